The first kappa shape index (κ1) is 14.9. The highest BCUT2D eigenvalue weighted by Crippen LogP contribution is 2.25. The average molecular weight is 320 g/mol. The van der Waals surface area contributed by atoms with Crippen molar-refractivity contribution in [1.29, 1.82) is 0 Å². The van der Waals surface area contributed by atoms with E-state index in [-0.39, 0.29) is 17.5 Å². The van der Waals surface area contributed by atoms with Crippen molar-refractivity contribution in [2.24, 2.45) is 0 Å². The SMILES string of the molecule is O=C(c1cc(Cl)ccc1F)N1CCNCC1c1cccnc1. The van der Waals surface area contributed by atoms with Crippen molar-refractivity contribution in [2.45, 2.75) is 6.04 Å². The molecule has 3 rings (SSSR count). The van der Waals surface area contributed by atoms with Crippen molar-refractivity contribution < 1.29 is 9.18 Å². The molecule has 0 saturated carbocycles. The second-order valence-electron chi connectivity index (χ2n) is 5.13. The Kier molecular flexibility index (Phi) is 4.36. The number of carbonyl (C=O) groups excluding carboxylic acids is 1. The van der Waals surface area contributed by atoms with Gasteiger partial charge in [-0.25, -0.2) is 4.39 Å². The molecule has 1 saturated heterocycles. The summed E-state index contributed by atoms with van der Waals surface area (Å²) in [5.41, 5.74) is 0.925. The molecule has 6 heteroatoms. The maximum absolute atomic E-state index is 14.0. The summed E-state index contributed by atoms with van der Waals surface area (Å²) >= 11 is 5.89. The Morgan fingerprint density at radius 2 is 2.27 bits per heavy atom. The molecule has 1 aliphatic rings. The van der Waals surface area contributed by atoms with Crippen molar-refractivity contribution in [3.63, 3.8) is 0 Å². The lowest BCUT2D eigenvalue weighted by Crippen LogP contribution is -2.48. The van der Waals surface area contributed by atoms with Gasteiger partial charge >= 0.3 is 0 Å². The van der Waals surface area contributed by atoms with Crippen LogP contribution in [0.3, 0.4) is 0 Å². The van der Waals surface area contributed by atoms with E-state index < -0.39 is 5.82 Å². The van der Waals surface area contributed by atoms with Crippen LogP contribution in [0.1, 0.15) is 22.0 Å². The van der Waals surface area contributed by atoms with E-state index in [4.69, 9.17) is 11.6 Å². The first-order valence-electron chi connectivity index (χ1n) is 7.03. The molecule has 1 aromatic heterocycles. The molecular formula is C16H15ClFN3O. The summed E-state index contributed by atoms with van der Waals surface area (Å²) in [5.74, 6) is -0.909. The van der Waals surface area contributed by atoms with Crippen LogP contribution in [0.15, 0.2) is 42.7 Å². The second-order valence-corrected chi connectivity index (χ2v) is 5.57. The normalized spacial score (nSPS) is 18.3. The van der Waals surface area contributed by atoms with Crippen molar-refractivity contribution >= 4 is 17.5 Å². The first-order chi connectivity index (χ1) is 10.7. The van der Waals surface area contributed by atoms with Crippen molar-refractivity contribution in [1.82, 2.24) is 15.2 Å². The van der Waals surface area contributed by atoms with Crippen molar-refractivity contribution in [3.05, 3.63) is 64.7 Å². The van der Waals surface area contributed by atoms with Crippen molar-refractivity contribution in [2.75, 3.05) is 19.6 Å². The number of nitrogens with zero attached hydrogens (tertiary/aromatic N) is 2. The van der Waals surface area contributed by atoms with Gasteiger partial charge in [0.15, 0.2) is 0 Å². The molecule has 1 aliphatic heterocycles. The molecule has 114 valence electrons. The number of piperazine rings is 1. The Morgan fingerprint density at radius 1 is 1.41 bits per heavy atom. The van der Waals surface area contributed by atoms with E-state index in [9.17, 15) is 9.18 Å². The summed E-state index contributed by atoms with van der Waals surface area (Å²) in [4.78, 5) is 18.5. The van der Waals surface area contributed by atoms with Gasteiger partial charge in [0.2, 0.25) is 0 Å². The minimum atomic E-state index is -0.558. The Morgan fingerprint density at radius 3 is 3.05 bits per heavy atom. The third-order valence-corrected chi connectivity index (χ3v) is 3.97. The molecule has 0 spiro atoms. The Bertz CT molecular complexity index is 680. The Labute approximate surface area is 132 Å². The fourth-order valence-electron chi connectivity index (χ4n) is 2.63. The summed E-state index contributed by atoms with van der Waals surface area (Å²) in [7, 11) is 0. The summed E-state index contributed by atoms with van der Waals surface area (Å²) < 4.78 is 14.0. The van der Waals surface area contributed by atoms with Gasteiger partial charge < -0.3 is 10.2 Å². The Hall–Kier alpha value is -1.98. The molecule has 1 fully saturated rings. The van der Waals surface area contributed by atoms with Crippen LogP contribution >= 0.6 is 11.6 Å². The zero-order chi connectivity index (χ0) is 15.5. The summed E-state index contributed by atoms with van der Waals surface area (Å²) in [5, 5.41) is 3.60. The molecule has 4 nitrogen and oxygen atoms in total. The number of amides is 1. The van der Waals surface area contributed by atoms with Crippen LogP contribution in [-0.2, 0) is 0 Å². The number of nitrogens with one attached hydrogen (secondary N) is 1. The molecule has 2 aromatic rings. The van der Waals surface area contributed by atoms with Gasteiger partial charge in [0, 0.05) is 37.1 Å². The summed E-state index contributed by atoms with van der Waals surface area (Å²) in [6.07, 6.45) is 3.41. The first-order valence-corrected chi connectivity index (χ1v) is 7.41. The predicted molar refractivity (Wildman–Crippen MR) is 82.3 cm³/mol. The molecule has 1 unspecified atom stereocenters. The van der Waals surface area contributed by atoms with E-state index in [2.05, 4.69) is 10.3 Å². The Balaban J connectivity index is 1.93. The fourth-order valence-corrected chi connectivity index (χ4v) is 2.81. The second kappa shape index (κ2) is 6.42. The quantitative estimate of drug-likeness (QED) is 0.925. The molecule has 0 radical (unpaired) electrons. The third kappa shape index (κ3) is 2.96. The topological polar surface area (TPSA) is 45.2 Å². The van der Waals surface area contributed by atoms with E-state index in [1.165, 1.54) is 18.2 Å². The van der Waals surface area contributed by atoms with Gasteiger partial charge in [-0.2, -0.15) is 0 Å². The minimum Gasteiger partial charge on any atom is -0.329 e. The lowest BCUT2D eigenvalue weighted by molar-refractivity contribution is 0.0629. The zero-order valence-electron chi connectivity index (χ0n) is 11.8. The number of halogens is 2. The lowest BCUT2D eigenvalue weighted by atomic mass is 10.0. The van der Waals surface area contributed by atoms with E-state index in [1.54, 1.807) is 17.3 Å². The number of benzene rings is 1. The van der Waals surface area contributed by atoms with E-state index in [1.807, 2.05) is 12.1 Å². The number of pyridine rings is 1. The third-order valence-electron chi connectivity index (χ3n) is 3.73. The van der Waals surface area contributed by atoms with Gasteiger partial charge in [0.25, 0.3) is 5.91 Å². The van der Waals surface area contributed by atoms with E-state index in [0.717, 1.165) is 5.56 Å². The molecule has 0 aliphatic carbocycles. The van der Waals surface area contributed by atoms with Crippen LogP contribution in [0.4, 0.5) is 4.39 Å². The van der Waals surface area contributed by atoms with Gasteiger partial charge in [-0.15, -0.1) is 0 Å². The molecule has 1 amide bonds. The van der Waals surface area contributed by atoms with Crippen LogP contribution < -0.4 is 5.32 Å². The fraction of sp³-hybridized carbons (Fsp3) is 0.250. The zero-order valence-corrected chi connectivity index (χ0v) is 12.6. The number of hydrogen-bond acceptors (Lipinski definition) is 3. The molecule has 1 N–H and O–H groups in total. The maximum Gasteiger partial charge on any atom is 0.257 e. The van der Waals surface area contributed by atoms with Gasteiger partial charge in [-0.05, 0) is 29.8 Å². The molecule has 22 heavy (non-hydrogen) atoms. The van der Waals surface area contributed by atoms with Gasteiger partial charge in [-0.1, -0.05) is 17.7 Å². The van der Waals surface area contributed by atoms with Crippen LogP contribution in [-0.4, -0.2) is 35.4 Å². The lowest BCUT2D eigenvalue weighted by Gasteiger charge is -2.36. The van der Waals surface area contributed by atoms with E-state index >= 15 is 0 Å². The summed E-state index contributed by atoms with van der Waals surface area (Å²) in [6, 6.07) is 7.60. The largest absolute Gasteiger partial charge is 0.329 e. The molecule has 1 atom stereocenters. The standard InChI is InChI=1S/C16H15ClFN3O/c17-12-3-4-14(18)13(8-12)16(22)21-7-6-20-10-15(21)11-2-1-5-19-9-11/h1-5,8-9,15,20H,6-7,10H2. The smallest absolute Gasteiger partial charge is 0.257 e. The predicted octanol–water partition coefficient (Wildman–Crippen LogP) is 2.66. The molecule has 2 heterocycles. The van der Waals surface area contributed by atoms with Gasteiger partial charge in [0.05, 0.1) is 11.6 Å². The monoisotopic (exact) mass is 319 g/mol. The maximum atomic E-state index is 14.0. The van der Waals surface area contributed by atoms with Crippen LogP contribution in [0, 0.1) is 5.82 Å². The highest BCUT2D eigenvalue weighted by atomic mass is 35.5. The number of rotatable bonds is 2. The van der Waals surface area contributed by atoms with Crippen LogP contribution in [0.2, 0.25) is 5.02 Å². The van der Waals surface area contributed by atoms with Crippen LogP contribution in [0.5, 0.6) is 0 Å². The van der Waals surface area contributed by atoms with Crippen molar-refractivity contribution in [3.8, 4) is 0 Å². The minimum absolute atomic E-state index is 0.00305. The average Bonchev–Trinajstić information content (AvgIpc) is 2.57. The summed E-state index contributed by atoms with van der Waals surface area (Å²) in [6.45, 7) is 1.79. The van der Waals surface area contributed by atoms with Gasteiger partial charge in [0.1, 0.15) is 5.82 Å². The highest BCUT2D eigenvalue weighted by molar-refractivity contribution is 6.31. The number of hydrogen-bond donors (Lipinski definition) is 1. The molecule has 0 bridgehead atoms. The van der Waals surface area contributed by atoms with Crippen LogP contribution in [0.25, 0.3) is 0 Å². The highest BCUT2D eigenvalue weighted by Gasteiger charge is 2.30. The van der Waals surface area contributed by atoms with E-state index in [0.29, 0.717) is 24.7 Å². The van der Waals surface area contributed by atoms with Gasteiger partial charge in [-0.3, -0.25) is 9.78 Å². The number of aromatic nitrogens is 1. The molecule has 1 aromatic carbocycles. The molecular weight excluding hydrogens is 305 g/mol. The number of carbonyl (C=O) groups is 1.